The van der Waals surface area contributed by atoms with Crippen LogP contribution in [-0.4, -0.2) is 24.2 Å². The summed E-state index contributed by atoms with van der Waals surface area (Å²) in [5.41, 5.74) is -1.56. The van der Waals surface area contributed by atoms with Crippen molar-refractivity contribution in [2.45, 2.75) is 13.1 Å². The number of aromatic carboxylic acids is 1. The van der Waals surface area contributed by atoms with Gasteiger partial charge in [-0.25, -0.2) is 4.79 Å². The van der Waals surface area contributed by atoms with Crippen molar-refractivity contribution in [3.8, 4) is 0 Å². The van der Waals surface area contributed by atoms with Crippen LogP contribution < -0.4 is 4.90 Å². The molecule has 1 aromatic rings. The lowest BCUT2D eigenvalue weighted by atomic mass is 10.1. The van der Waals surface area contributed by atoms with Gasteiger partial charge in [0.1, 0.15) is 0 Å². The summed E-state index contributed by atoms with van der Waals surface area (Å²) in [6.45, 7) is 6.21. The number of halogens is 3. The number of rotatable bonds is 5. The minimum absolute atomic E-state index is 0.319. The molecule has 1 aromatic carbocycles. The molecule has 0 saturated carbocycles. The van der Waals surface area contributed by atoms with Crippen LogP contribution in [0.2, 0.25) is 0 Å². The number of carbonyl (C=O) groups is 1. The average molecular weight is 273 g/mol. The fraction of sp³-hybridized carbons (Fsp3) is 0.308. The smallest absolute Gasteiger partial charge is 0.417 e. The Kier molecular flexibility index (Phi) is 4.58. The van der Waals surface area contributed by atoms with Gasteiger partial charge in [-0.2, -0.15) is 13.2 Å². The zero-order valence-electron chi connectivity index (χ0n) is 10.4. The molecule has 3 nitrogen and oxygen atoms in total. The largest absolute Gasteiger partial charge is 0.478 e. The monoisotopic (exact) mass is 273 g/mol. The summed E-state index contributed by atoms with van der Waals surface area (Å²) in [6, 6.07) is 3.20. The summed E-state index contributed by atoms with van der Waals surface area (Å²) in [7, 11) is 0. The summed E-state index contributed by atoms with van der Waals surface area (Å²) in [5, 5.41) is 8.79. The molecule has 6 heteroatoms. The van der Waals surface area contributed by atoms with Crippen LogP contribution in [0.25, 0.3) is 0 Å². The molecule has 19 heavy (non-hydrogen) atoms. The Balaban J connectivity index is 3.33. The first-order valence-electron chi connectivity index (χ1n) is 5.61. The van der Waals surface area contributed by atoms with Crippen molar-refractivity contribution in [3.63, 3.8) is 0 Å². The first-order chi connectivity index (χ1) is 8.81. The molecule has 0 spiro atoms. The highest BCUT2D eigenvalue weighted by Crippen LogP contribution is 2.34. The van der Waals surface area contributed by atoms with Crippen molar-refractivity contribution in [2.75, 3.05) is 18.0 Å². The van der Waals surface area contributed by atoms with Crippen molar-refractivity contribution >= 4 is 11.7 Å². The maximum atomic E-state index is 12.8. The highest BCUT2D eigenvalue weighted by Gasteiger charge is 2.35. The van der Waals surface area contributed by atoms with Gasteiger partial charge in [-0.3, -0.25) is 0 Å². The lowest BCUT2D eigenvalue weighted by molar-refractivity contribution is -0.138. The molecule has 1 N–H and O–H groups in total. The third kappa shape index (κ3) is 3.49. The molecule has 0 aliphatic rings. The van der Waals surface area contributed by atoms with E-state index in [-0.39, 0.29) is 0 Å². The molecule has 0 heterocycles. The van der Waals surface area contributed by atoms with Crippen LogP contribution in [0.5, 0.6) is 0 Å². The number of alkyl halides is 3. The molecular formula is C13H14F3NO2. The molecule has 0 saturated heterocycles. The number of carboxylic acid groups (broad SMARTS) is 1. The maximum Gasteiger partial charge on any atom is 0.417 e. The molecule has 0 atom stereocenters. The van der Waals surface area contributed by atoms with Gasteiger partial charge in [0.25, 0.3) is 0 Å². The maximum absolute atomic E-state index is 12.8. The summed E-state index contributed by atoms with van der Waals surface area (Å²) < 4.78 is 38.5. The molecule has 0 aliphatic heterocycles. The zero-order valence-corrected chi connectivity index (χ0v) is 10.4. The standard InChI is InChI=1S/C13H14F3NO2/c1-3-7-17(4-2)9-5-6-10(12(18)19)11(8-9)13(14,15)16/h3,5-6,8H,1,4,7H2,2H3,(H,18,19). The van der Waals surface area contributed by atoms with E-state index in [1.165, 1.54) is 6.07 Å². The van der Waals surface area contributed by atoms with Crippen molar-refractivity contribution in [3.05, 3.63) is 42.0 Å². The minimum Gasteiger partial charge on any atom is -0.478 e. The molecular weight excluding hydrogens is 259 g/mol. The lowest BCUT2D eigenvalue weighted by Gasteiger charge is -2.23. The normalized spacial score (nSPS) is 11.2. The Labute approximate surface area is 109 Å². The quantitative estimate of drug-likeness (QED) is 0.836. The Morgan fingerprint density at radius 2 is 2.11 bits per heavy atom. The Bertz CT molecular complexity index is 483. The topological polar surface area (TPSA) is 40.5 Å². The Morgan fingerprint density at radius 3 is 2.53 bits per heavy atom. The van der Waals surface area contributed by atoms with E-state index in [0.29, 0.717) is 18.8 Å². The molecule has 0 fully saturated rings. The summed E-state index contributed by atoms with van der Waals surface area (Å²) >= 11 is 0. The van der Waals surface area contributed by atoms with E-state index >= 15 is 0 Å². The van der Waals surface area contributed by atoms with Gasteiger partial charge in [-0.05, 0) is 25.1 Å². The number of anilines is 1. The second-order valence-electron chi connectivity index (χ2n) is 3.86. The molecule has 0 bridgehead atoms. The molecule has 0 radical (unpaired) electrons. The first kappa shape index (κ1) is 15.1. The molecule has 0 aliphatic carbocycles. The van der Waals surface area contributed by atoms with Crippen molar-refractivity contribution in [1.82, 2.24) is 0 Å². The van der Waals surface area contributed by atoms with Crippen molar-refractivity contribution < 1.29 is 23.1 Å². The number of nitrogens with zero attached hydrogens (tertiary/aromatic N) is 1. The van der Waals surface area contributed by atoms with Gasteiger partial charge >= 0.3 is 12.1 Å². The number of benzene rings is 1. The number of carboxylic acids is 1. The highest BCUT2D eigenvalue weighted by molar-refractivity contribution is 5.90. The second-order valence-corrected chi connectivity index (χ2v) is 3.86. The summed E-state index contributed by atoms with van der Waals surface area (Å²) in [6.07, 6.45) is -3.13. The van der Waals surface area contributed by atoms with Gasteiger partial charge < -0.3 is 10.0 Å². The van der Waals surface area contributed by atoms with Crippen LogP contribution in [0, 0.1) is 0 Å². The predicted octanol–water partition coefficient (Wildman–Crippen LogP) is 3.42. The van der Waals surface area contributed by atoms with Crippen LogP contribution in [-0.2, 0) is 6.18 Å². The first-order valence-corrected chi connectivity index (χ1v) is 5.61. The van der Waals surface area contributed by atoms with Gasteiger partial charge in [0.15, 0.2) is 0 Å². The van der Waals surface area contributed by atoms with E-state index in [4.69, 9.17) is 5.11 Å². The van der Waals surface area contributed by atoms with Gasteiger partial charge in [0, 0.05) is 18.8 Å². The van der Waals surface area contributed by atoms with Crippen molar-refractivity contribution in [2.24, 2.45) is 0 Å². The van der Waals surface area contributed by atoms with E-state index in [9.17, 15) is 18.0 Å². The number of hydrogen-bond acceptors (Lipinski definition) is 2. The van der Waals surface area contributed by atoms with E-state index in [0.717, 1.165) is 12.1 Å². The van der Waals surface area contributed by atoms with Gasteiger partial charge in [0.2, 0.25) is 0 Å². The van der Waals surface area contributed by atoms with Gasteiger partial charge in [-0.1, -0.05) is 6.08 Å². The third-order valence-electron chi connectivity index (χ3n) is 2.64. The van der Waals surface area contributed by atoms with Crippen LogP contribution in [0.4, 0.5) is 18.9 Å². The summed E-state index contributed by atoms with van der Waals surface area (Å²) in [5.74, 6) is -1.59. The van der Waals surface area contributed by atoms with Crippen LogP contribution in [0.3, 0.4) is 0 Å². The SMILES string of the molecule is C=CCN(CC)c1ccc(C(=O)O)c(C(F)(F)F)c1. The third-order valence-corrected chi connectivity index (χ3v) is 2.64. The van der Waals surface area contributed by atoms with Crippen LogP contribution in [0.15, 0.2) is 30.9 Å². The second kappa shape index (κ2) is 5.77. The molecule has 104 valence electrons. The summed E-state index contributed by atoms with van der Waals surface area (Å²) in [4.78, 5) is 12.5. The van der Waals surface area contributed by atoms with Crippen LogP contribution in [0.1, 0.15) is 22.8 Å². The highest BCUT2D eigenvalue weighted by atomic mass is 19.4. The van der Waals surface area contributed by atoms with E-state index in [2.05, 4.69) is 6.58 Å². The fourth-order valence-corrected chi connectivity index (χ4v) is 1.72. The molecule has 0 unspecified atom stereocenters. The number of likely N-dealkylation sites (N-methyl/N-ethyl adjacent to an activating group) is 1. The van der Waals surface area contributed by atoms with Crippen LogP contribution >= 0.6 is 0 Å². The van der Waals surface area contributed by atoms with E-state index in [1.807, 2.05) is 0 Å². The molecule has 0 aromatic heterocycles. The van der Waals surface area contributed by atoms with Gasteiger partial charge in [0.05, 0.1) is 11.1 Å². The zero-order chi connectivity index (χ0) is 14.6. The van der Waals surface area contributed by atoms with E-state index in [1.54, 1.807) is 17.9 Å². The van der Waals surface area contributed by atoms with E-state index < -0.39 is 23.3 Å². The lowest BCUT2D eigenvalue weighted by Crippen LogP contribution is -2.23. The fourth-order valence-electron chi connectivity index (χ4n) is 1.72. The number of hydrogen-bond donors (Lipinski definition) is 1. The van der Waals surface area contributed by atoms with Gasteiger partial charge in [-0.15, -0.1) is 6.58 Å². The van der Waals surface area contributed by atoms with Crippen molar-refractivity contribution in [1.29, 1.82) is 0 Å². The Hall–Kier alpha value is -1.98. The molecule has 0 amide bonds. The average Bonchev–Trinajstić information content (AvgIpc) is 2.34. The predicted molar refractivity (Wildman–Crippen MR) is 66.5 cm³/mol. The minimum atomic E-state index is -4.70. The molecule has 1 rings (SSSR count). The Morgan fingerprint density at radius 1 is 1.47 bits per heavy atom.